The summed E-state index contributed by atoms with van der Waals surface area (Å²) in [4.78, 5) is 13.8. The molecule has 80 valence electrons. The van der Waals surface area contributed by atoms with Crippen LogP contribution in [0.3, 0.4) is 0 Å². The summed E-state index contributed by atoms with van der Waals surface area (Å²) in [7, 11) is 3.03. The normalized spacial score (nSPS) is 10.1. The van der Waals surface area contributed by atoms with Crippen molar-refractivity contribution in [2.75, 3.05) is 14.2 Å². The van der Waals surface area contributed by atoms with Crippen LogP contribution in [0, 0.1) is 0 Å². The lowest BCUT2D eigenvalue weighted by Gasteiger charge is -2.15. The molecule has 0 fully saturated rings. The van der Waals surface area contributed by atoms with E-state index in [0.29, 0.717) is 11.3 Å². The van der Waals surface area contributed by atoms with Gasteiger partial charge in [-0.1, -0.05) is 15.9 Å². The standard InChI is InChI=1S/C10H10BrNO3/c1-14-10(15-2)8-5-7(11)3-4-9(8)12-6-13/h3-5,10H,1-2H3. The smallest absolute Gasteiger partial charge is 0.240 e. The van der Waals surface area contributed by atoms with E-state index < -0.39 is 6.29 Å². The fourth-order valence-electron chi connectivity index (χ4n) is 1.22. The van der Waals surface area contributed by atoms with Crippen molar-refractivity contribution in [3.8, 4) is 0 Å². The molecule has 0 heterocycles. The molecule has 0 bridgehead atoms. The van der Waals surface area contributed by atoms with E-state index in [4.69, 9.17) is 9.47 Å². The van der Waals surface area contributed by atoms with Gasteiger partial charge in [0, 0.05) is 24.3 Å². The van der Waals surface area contributed by atoms with Crippen LogP contribution in [0.4, 0.5) is 5.69 Å². The van der Waals surface area contributed by atoms with Crippen LogP contribution >= 0.6 is 15.9 Å². The van der Waals surface area contributed by atoms with Crippen molar-refractivity contribution in [2.24, 2.45) is 4.99 Å². The maximum atomic E-state index is 10.2. The highest BCUT2D eigenvalue weighted by Gasteiger charge is 2.14. The molecular formula is C10H10BrNO3. The summed E-state index contributed by atoms with van der Waals surface area (Å²) in [5.74, 6) is 0. The summed E-state index contributed by atoms with van der Waals surface area (Å²) in [6, 6.07) is 5.26. The van der Waals surface area contributed by atoms with Crippen molar-refractivity contribution in [3.05, 3.63) is 28.2 Å². The zero-order chi connectivity index (χ0) is 11.3. The van der Waals surface area contributed by atoms with E-state index in [1.807, 2.05) is 0 Å². The van der Waals surface area contributed by atoms with E-state index in [1.165, 1.54) is 20.3 Å². The molecule has 0 aliphatic heterocycles. The van der Waals surface area contributed by atoms with Crippen LogP contribution < -0.4 is 0 Å². The topological polar surface area (TPSA) is 47.9 Å². The van der Waals surface area contributed by atoms with Gasteiger partial charge in [-0.15, -0.1) is 0 Å². The number of methoxy groups -OCH3 is 2. The first-order chi connectivity index (χ1) is 7.22. The van der Waals surface area contributed by atoms with E-state index >= 15 is 0 Å². The molecule has 0 amide bonds. The Hall–Kier alpha value is -1.00. The SMILES string of the molecule is COC(OC)c1cc(Br)ccc1N=C=O. The number of ether oxygens (including phenoxy) is 2. The molecule has 0 spiro atoms. The van der Waals surface area contributed by atoms with Crippen LogP contribution in [0.2, 0.25) is 0 Å². The van der Waals surface area contributed by atoms with Crippen LogP contribution in [0.25, 0.3) is 0 Å². The third kappa shape index (κ3) is 2.97. The number of isocyanates is 1. The molecule has 0 aliphatic rings. The Balaban J connectivity index is 3.22. The van der Waals surface area contributed by atoms with E-state index in [9.17, 15) is 4.79 Å². The summed E-state index contributed by atoms with van der Waals surface area (Å²) in [5.41, 5.74) is 1.17. The van der Waals surface area contributed by atoms with Gasteiger partial charge in [0.05, 0.1) is 5.69 Å². The number of nitrogens with zero attached hydrogens (tertiary/aromatic N) is 1. The van der Waals surface area contributed by atoms with Crippen molar-refractivity contribution < 1.29 is 14.3 Å². The van der Waals surface area contributed by atoms with Crippen LogP contribution in [-0.2, 0) is 14.3 Å². The lowest BCUT2D eigenvalue weighted by atomic mass is 10.2. The largest absolute Gasteiger partial charge is 0.352 e. The fourth-order valence-corrected chi connectivity index (χ4v) is 1.59. The first-order valence-corrected chi connectivity index (χ1v) is 4.95. The molecule has 5 heteroatoms. The zero-order valence-electron chi connectivity index (χ0n) is 8.36. The van der Waals surface area contributed by atoms with Gasteiger partial charge in [-0.05, 0) is 18.2 Å². The number of hydrogen-bond acceptors (Lipinski definition) is 4. The second-order valence-electron chi connectivity index (χ2n) is 2.71. The molecule has 1 rings (SSSR count). The third-order valence-corrected chi connectivity index (χ3v) is 2.33. The Morgan fingerprint density at radius 2 is 2.07 bits per heavy atom. The van der Waals surface area contributed by atoms with Gasteiger partial charge < -0.3 is 9.47 Å². The number of carbonyl (C=O) groups excluding carboxylic acids is 1. The van der Waals surface area contributed by atoms with Gasteiger partial charge in [-0.3, -0.25) is 0 Å². The molecule has 1 aromatic rings. The number of rotatable bonds is 4. The number of aliphatic imine (C=N–C) groups is 1. The predicted octanol–water partition coefficient (Wildman–Crippen LogP) is 2.71. The highest BCUT2D eigenvalue weighted by molar-refractivity contribution is 9.10. The maximum Gasteiger partial charge on any atom is 0.240 e. The van der Waals surface area contributed by atoms with E-state index in [-0.39, 0.29) is 0 Å². The van der Waals surface area contributed by atoms with Crippen LogP contribution in [-0.4, -0.2) is 20.3 Å². The lowest BCUT2D eigenvalue weighted by molar-refractivity contribution is -0.105. The van der Waals surface area contributed by atoms with Crippen LogP contribution in [0.5, 0.6) is 0 Å². The molecule has 0 aliphatic carbocycles. The first-order valence-electron chi connectivity index (χ1n) is 4.15. The molecule has 0 atom stereocenters. The Morgan fingerprint density at radius 1 is 1.40 bits per heavy atom. The Labute approximate surface area is 96.0 Å². The highest BCUT2D eigenvalue weighted by Crippen LogP contribution is 2.30. The minimum atomic E-state index is -0.547. The molecule has 4 nitrogen and oxygen atoms in total. The van der Waals surface area contributed by atoms with Gasteiger partial charge >= 0.3 is 0 Å². The van der Waals surface area contributed by atoms with Gasteiger partial charge in [0.15, 0.2) is 6.29 Å². The minimum absolute atomic E-state index is 0.488. The Morgan fingerprint density at radius 3 is 2.60 bits per heavy atom. The Kier molecular flexibility index (Phi) is 4.65. The minimum Gasteiger partial charge on any atom is -0.352 e. The van der Waals surface area contributed by atoms with E-state index in [2.05, 4.69) is 20.9 Å². The van der Waals surface area contributed by atoms with Gasteiger partial charge in [0.2, 0.25) is 6.08 Å². The second-order valence-corrected chi connectivity index (χ2v) is 3.63. The summed E-state index contributed by atoms with van der Waals surface area (Å²) < 4.78 is 11.1. The predicted molar refractivity (Wildman–Crippen MR) is 58.7 cm³/mol. The van der Waals surface area contributed by atoms with Crippen LogP contribution in [0.15, 0.2) is 27.7 Å². The van der Waals surface area contributed by atoms with Gasteiger partial charge in [-0.25, -0.2) is 4.79 Å². The zero-order valence-corrected chi connectivity index (χ0v) is 9.95. The average Bonchev–Trinajstić information content (AvgIpc) is 2.24. The molecule has 0 saturated carbocycles. The van der Waals surface area contributed by atoms with Crippen molar-refractivity contribution in [2.45, 2.75) is 6.29 Å². The Bertz CT molecular complexity index is 384. The third-order valence-electron chi connectivity index (χ3n) is 1.84. The number of halogens is 1. The maximum absolute atomic E-state index is 10.2. The lowest BCUT2D eigenvalue weighted by Crippen LogP contribution is -2.03. The summed E-state index contributed by atoms with van der Waals surface area (Å²) in [6.07, 6.45) is 0.949. The van der Waals surface area contributed by atoms with Crippen molar-refractivity contribution in [3.63, 3.8) is 0 Å². The van der Waals surface area contributed by atoms with Gasteiger partial charge in [0.1, 0.15) is 0 Å². The molecular weight excluding hydrogens is 262 g/mol. The number of benzene rings is 1. The van der Waals surface area contributed by atoms with Gasteiger partial charge in [-0.2, -0.15) is 4.99 Å². The fraction of sp³-hybridized carbons (Fsp3) is 0.300. The summed E-state index contributed by atoms with van der Waals surface area (Å²) >= 11 is 3.32. The van der Waals surface area contributed by atoms with E-state index in [0.717, 1.165) is 4.47 Å². The first kappa shape index (κ1) is 12.1. The van der Waals surface area contributed by atoms with Crippen LogP contribution in [0.1, 0.15) is 11.9 Å². The molecule has 15 heavy (non-hydrogen) atoms. The molecule has 0 N–H and O–H groups in total. The average molecular weight is 272 g/mol. The van der Waals surface area contributed by atoms with Gasteiger partial charge in [0.25, 0.3) is 0 Å². The van der Waals surface area contributed by atoms with Crippen molar-refractivity contribution in [1.29, 1.82) is 0 Å². The molecule has 0 saturated heterocycles. The molecule has 0 radical (unpaired) electrons. The number of hydrogen-bond donors (Lipinski definition) is 0. The summed E-state index contributed by atoms with van der Waals surface area (Å²) in [5, 5.41) is 0. The second kappa shape index (κ2) is 5.78. The highest BCUT2D eigenvalue weighted by atomic mass is 79.9. The monoisotopic (exact) mass is 271 g/mol. The molecule has 0 aromatic heterocycles. The quantitative estimate of drug-likeness (QED) is 0.481. The van der Waals surface area contributed by atoms with Crippen molar-refractivity contribution >= 4 is 27.7 Å². The summed E-state index contributed by atoms with van der Waals surface area (Å²) in [6.45, 7) is 0. The molecule has 0 unspecified atom stereocenters. The molecule has 1 aromatic carbocycles. The van der Waals surface area contributed by atoms with E-state index in [1.54, 1.807) is 18.2 Å². The van der Waals surface area contributed by atoms with Crippen molar-refractivity contribution in [1.82, 2.24) is 0 Å².